The van der Waals surface area contributed by atoms with Crippen LogP contribution in [0.25, 0.3) is 0 Å². The Hall–Kier alpha value is -1.92. The summed E-state index contributed by atoms with van der Waals surface area (Å²) in [6.45, 7) is -0.451. The predicted octanol–water partition coefficient (Wildman–Crippen LogP) is 0.727. The van der Waals surface area contributed by atoms with Crippen molar-refractivity contribution in [1.29, 1.82) is 0 Å². The van der Waals surface area contributed by atoms with E-state index in [1.807, 2.05) is 6.07 Å². The number of nitrogens with one attached hydrogen (secondary N) is 1. The van der Waals surface area contributed by atoms with Gasteiger partial charge in [-0.05, 0) is 43.2 Å². The SMILES string of the molecule is COC(=O)[C@]1(NC(=O)c2ccccc2)[C@@H]2CC[C@@H](C2)[C@H]1[C@H](O)CO. The number of carbonyl (C=O) groups excluding carboxylic acids is 2. The summed E-state index contributed by atoms with van der Waals surface area (Å²) >= 11 is 0. The Kier molecular flexibility index (Phi) is 4.60. The van der Waals surface area contributed by atoms with E-state index in [0.29, 0.717) is 5.56 Å². The van der Waals surface area contributed by atoms with Crippen molar-refractivity contribution in [3.05, 3.63) is 35.9 Å². The molecule has 0 aromatic heterocycles. The minimum Gasteiger partial charge on any atom is -0.467 e. The first-order valence-electron chi connectivity index (χ1n) is 8.29. The molecule has 1 aromatic carbocycles. The number of aliphatic hydroxyl groups is 2. The first kappa shape index (κ1) is 16.9. The molecule has 3 N–H and O–H groups in total. The van der Waals surface area contributed by atoms with Crippen LogP contribution in [-0.2, 0) is 9.53 Å². The second-order valence-electron chi connectivity index (χ2n) is 6.73. The van der Waals surface area contributed by atoms with Crippen LogP contribution < -0.4 is 5.32 Å². The van der Waals surface area contributed by atoms with Gasteiger partial charge in [0.05, 0.1) is 19.8 Å². The minimum atomic E-state index is -1.28. The van der Waals surface area contributed by atoms with E-state index in [0.717, 1.165) is 19.3 Å². The van der Waals surface area contributed by atoms with Crippen LogP contribution in [-0.4, -0.2) is 47.4 Å². The Labute approximate surface area is 140 Å². The predicted molar refractivity (Wildman–Crippen MR) is 86.1 cm³/mol. The molecule has 2 aliphatic rings. The monoisotopic (exact) mass is 333 g/mol. The highest BCUT2D eigenvalue weighted by atomic mass is 16.5. The van der Waals surface area contributed by atoms with Crippen LogP contribution in [0.4, 0.5) is 0 Å². The fraction of sp³-hybridized carbons (Fsp3) is 0.556. The summed E-state index contributed by atoms with van der Waals surface area (Å²) in [5.41, 5.74) is -0.840. The summed E-state index contributed by atoms with van der Waals surface area (Å²) in [7, 11) is 1.28. The van der Waals surface area contributed by atoms with Gasteiger partial charge in [0.15, 0.2) is 0 Å². The van der Waals surface area contributed by atoms with E-state index in [4.69, 9.17) is 4.74 Å². The number of carbonyl (C=O) groups is 2. The van der Waals surface area contributed by atoms with Crippen LogP contribution in [0.1, 0.15) is 29.6 Å². The second-order valence-corrected chi connectivity index (χ2v) is 6.73. The molecular weight excluding hydrogens is 310 g/mol. The molecule has 0 spiro atoms. The van der Waals surface area contributed by atoms with Gasteiger partial charge in [-0.15, -0.1) is 0 Å². The normalized spacial score (nSPS) is 32.4. The third-order valence-electron chi connectivity index (χ3n) is 5.63. The summed E-state index contributed by atoms with van der Waals surface area (Å²) in [6.07, 6.45) is 1.34. The highest BCUT2D eigenvalue weighted by Gasteiger charge is 2.65. The van der Waals surface area contributed by atoms with Crippen molar-refractivity contribution in [1.82, 2.24) is 5.32 Å². The van der Waals surface area contributed by atoms with Gasteiger partial charge in [-0.2, -0.15) is 0 Å². The lowest BCUT2D eigenvalue weighted by atomic mass is 9.69. The molecule has 1 aromatic rings. The molecule has 6 heteroatoms. The third-order valence-corrected chi connectivity index (χ3v) is 5.63. The molecule has 0 radical (unpaired) electrons. The summed E-state index contributed by atoms with van der Waals surface area (Å²) in [6, 6.07) is 8.65. The van der Waals surface area contributed by atoms with E-state index in [9.17, 15) is 19.8 Å². The van der Waals surface area contributed by atoms with E-state index < -0.39 is 30.1 Å². The Morgan fingerprint density at radius 3 is 2.67 bits per heavy atom. The van der Waals surface area contributed by atoms with Crippen molar-refractivity contribution in [3.8, 4) is 0 Å². The Morgan fingerprint density at radius 2 is 2.04 bits per heavy atom. The first-order valence-corrected chi connectivity index (χ1v) is 8.29. The summed E-state index contributed by atoms with van der Waals surface area (Å²) in [5.74, 6) is -1.46. The number of hydrogen-bond acceptors (Lipinski definition) is 5. The van der Waals surface area contributed by atoms with Crippen molar-refractivity contribution in [2.45, 2.75) is 30.9 Å². The molecule has 0 unspecified atom stereocenters. The Balaban J connectivity index is 1.98. The number of fused-ring (bicyclic) bond motifs is 2. The molecule has 6 nitrogen and oxygen atoms in total. The molecule has 24 heavy (non-hydrogen) atoms. The molecule has 130 valence electrons. The van der Waals surface area contributed by atoms with Crippen LogP contribution >= 0.6 is 0 Å². The molecule has 0 heterocycles. The van der Waals surface area contributed by atoms with Gasteiger partial charge in [0, 0.05) is 11.5 Å². The summed E-state index contributed by atoms with van der Waals surface area (Å²) in [5, 5.41) is 22.7. The van der Waals surface area contributed by atoms with Gasteiger partial charge in [-0.3, -0.25) is 4.79 Å². The van der Waals surface area contributed by atoms with Gasteiger partial charge in [-0.1, -0.05) is 18.2 Å². The van der Waals surface area contributed by atoms with E-state index >= 15 is 0 Å². The zero-order valence-electron chi connectivity index (χ0n) is 13.6. The minimum absolute atomic E-state index is 0.0891. The molecule has 0 aliphatic heterocycles. The standard InChI is InChI=1S/C18H23NO5/c1-24-17(23)18(19-16(22)11-5-3-2-4-6-11)13-8-7-12(9-13)15(18)14(21)10-20/h2-6,12-15,20-21H,7-10H2,1H3,(H,19,22)/t12-,13+,14+,15-,18-/m0/s1. The van der Waals surface area contributed by atoms with Gasteiger partial charge in [-0.25, -0.2) is 4.79 Å². The average molecular weight is 333 g/mol. The third kappa shape index (κ3) is 2.50. The first-order chi connectivity index (χ1) is 11.5. The van der Waals surface area contributed by atoms with Gasteiger partial charge in [0.25, 0.3) is 5.91 Å². The number of hydrogen-bond donors (Lipinski definition) is 3. The molecule has 1 amide bonds. The molecule has 5 atom stereocenters. The zero-order valence-corrected chi connectivity index (χ0v) is 13.6. The maximum Gasteiger partial charge on any atom is 0.332 e. The molecule has 3 rings (SSSR count). The van der Waals surface area contributed by atoms with Gasteiger partial charge < -0.3 is 20.3 Å². The smallest absolute Gasteiger partial charge is 0.332 e. The van der Waals surface area contributed by atoms with Crippen LogP contribution in [0.3, 0.4) is 0 Å². The molecule has 2 fully saturated rings. The van der Waals surface area contributed by atoms with E-state index in [1.54, 1.807) is 24.3 Å². The number of aliphatic hydroxyl groups excluding tert-OH is 2. The van der Waals surface area contributed by atoms with Gasteiger partial charge in [0.2, 0.25) is 0 Å². The summed E-state index contributed by atoms with van der Waals surface area (Å²) in [4.78, 5) is 25.4. The topological polar surface area (TPSA) is 95.9 Å². The Bertz CT molecular complexity index is 619. The number of ether oxygens (including phenoxy) is 1. The van der Waals surface area contributed by atoms with E-state index in [1.165, 1.54) is 7.11 Å². The second kappa shape index (κ2) is 6.53. The van der Waals surface area contributed by atoms with Crippen molar-refractivity contribution in [3.63, 3.8) is 0 Å². The molecule has 0 saturated heterocycles. The highest BCUT2D eigenvalue weighted by molar-refractivity contribution is 5.98. The number of benzene rings is 1. The number of esters is 1. The van der Waals surface area contributed by atoms with Crippen molar-refractivity contribution >= 4 is 11.9 Å². The fourth-order valence-corrected chi connectivity index (χ4v) is 4.69. The van der Waals surface area contributed by atoms with Crippen LogP contribution in [0.15, 0.2) is 30.3 Å². The molecule has 2 aliphatic carbocycles. The Morgan fingerprint density at radius 1 is 1.33 bits per heavy atom. The van der Waals surface area contributed by atoms with E-state index in [2.05, 4.69) is 5.32 Å². The fourth-order valence-electron chi connectivity index (χ4n) is 4.69. The van der Waals surface area contributed by atoms with E-state index in [-0.39, 0.29) is 17.7 Å². The van der Waals surface area contributed by atoms with Crippen LogP contribution in [0.2, 0.25) is 0 Å². The summed E-state index contributed by atoms with van der Waals surface area (Å²) < 4.78 is 5.01. The van der Waals surface area contributed by atoms with Gasteiger partial charge >= 0.3 is 5.97 Å². The quantitative estimate of drug-likeness (QED) is 0.690. The zero-order chi connectivity index (χ0) is 17.3. The average Bonchev–Trinajstić information content (AvgIpc) is 3.21. The van der Waals surface area contributed by atoms with Crippen molar-refractivity contribution in [2.75, 3.05) is 13.7 Å². The lowest BCUT2D eigenvalue weighted by Crippen LogP contribution is -2.65. The maximum atomic E-state index is 12.7. The van der Waals surface area contributed by atoms with Crippen LogP contribution in [0.5, 0.6) is 0 Å². The molecule has 2 saturated carbocycles. The largest absolute Gasteiger partial charge is 0.467 e. The number of amides is 1. The maximum absolute atomic E-state index is 12.7. The lowest BCUT2D eigenvalue weighted by molar-refractivity contribution is -0.157. The number of methoxy groups -OCH3 is 1. The number of rotatable bonds is 5. The van der Waals surface area contributed by atoms with Crippen molar-refractivity contribution in [2.24, 2.45) is 17.8 Å². The lowest BCUT2D eigenvalue weighted by Gasteiger charge is -2.43. The highest BCUT2D eigenvalue weighted by Crippen LogP contribution is 2.56. The van der Waals surface area contributed by atoms with Crippen molar-refractivity contribution < 1.29 is 24.5 Å². The molecular formula is C18H23NO5. The van der Waals surface area contributed by atoms with Crippen LogP contribution in [0, 0.1) is 17.8 Å². The van der Waals surface area contributed by atoms with Gasteiger partial charge in [0.1, 0.15) is 5.54 Å². The molecule has 2 bridgehead atoms.